The molecule has 0 aromatic heterocycles. The average Bonchev–Trinajstić information content (AvgIpc) is 3.09. The standard InChI is InChI=1S/C38H60NO10P/c1-3-5-7-9-11-13-15-17-19-21-23-25-27-29-36(40)46-31-34(32-47-50(44,45)48-33-35(39)38(42)43)49-37(41)30-28-26-24-22-20-18-16-14-12-10-8-6-4-2/h6,8,10,12,14,16-20,22-25,34-35H,3-5,7,9,11,13,15,21,26-33,39H2,1-2H3,(H,42,43)(H,44,45)/b8-6+,12-10+,16-14+,19-17+,20-18+,24-22+,25-23+/t34?,35-/m0/s1. The Balaban J connectivity index is 4.72. The number of carbonyl (C=O) groups excluding carboxylic acids is 2. The van der Waals surface area contributed by atoms with Gasteiger partial charge in [0, 0.05) is 12.8 Å². The number of nitrogens with two attached hydrogens (primary N) is 1. The van der Waals surface area contributed by atoms with Gasteiger partial charge in [-0.05, 0) is 44.9 Å². The second kappa shape index (κ2) is 32.8. The number of carbonyl (C=O) groups is 3. The largest absolute Gasteiger partial charge is 0.480 e. The molecule has 2 unspecified atom stereocenters. The molecule has 3 atom stereocenters. The third-order valence-corrected chi connectivity index (χ3v) is 7.72. The van der Waals surface area contributed by atoms with Gasteiger partial charge in [-0.2, -0.15) is 0 Å². The van der Waals surface area contributed by atoms with Crippen molar-refractivity contribution in [1.82, 2.24) is 0 Å². The number of hydrogen-bond acceptors (Lipinski definition) is 9. The molecular weight excluding hydrogens is 661 g/mol. The Morgan fingerprint density at radius 1 is 0.660 bits per heavy atom. The van der Waals surface area contributed by atoms with Gasteiger partial charge in [0.05, 0.1) is 13.2 Å². The summed E-state index contributed by atoms with van der Waals surface area (Å²) in [5, 5.41) is 8.84. The summed E-state index contributed by atoms with van der Waals surface area (Å²) in [5.74, 6) is -2.58. The van der Waals surface area contributed by atoms with Crippen molar-refractivity contribution >= 4 is 25.7 Å². The first kappa shape index (κ1) is 46.7. The third kappa shape index (κ3) is 31.9. The van der Waals surface area contributed by atoms with E-state index in [9.17, 15) is 23.8 Å². The topological polar surface area (TPSA) is 172 Å². The number of unbranched alkanes of at least 4 members (excludes halogenated alkanes) is 7. The smallest absolute Gasteiger partial charge is 0.472 e. The SMILES string of the molecule is CC/C=C/C=C/C=C/C=C/C=C/CCCC(=O)OC(COC(=O)CC/C=C/C/C=C/CCCCCCCC)COP(=O)(O)OC[C@H](N)C(=O)O. The van der Waals surface area contributed by atoms with Crippen LogP contribution in [-0.2, 0) is 37.5 Å². The molecule has 50 heavy (non-hydrogen) atoms. The fourth-order valence-corrected chi connectivity index (χ4v) is 4.75. The van der Waals surface area contributed by atoms with Crippen molar-refractivity contribution in [2.45, 2.75) is 116 Å². The van der Waals surface area contributed by atoms with Gasteiger partial charge in [-0.15, -0.1) is 0 Å². The monoisotopic (exact) mass is 721 g/mol. The number of phosphoric ester groups is 1. The van der Waals surface area contributed by atoms with E-state index in [1.807, 2.05) is 66.8 Å². The summed E-state index contributed by atoms with van der Waals surface area (Å²) >= 11 is 0. The van der Waals surface area contributed by atoms with E-state index in [0.717, 1.165) is 19.3 Å². The minimum atomic E-state index is -4.74. The van der Waals surface area contributed by atoms with Gasteiger partial charge in [0.2, 0.25) is 0 Å². The van der Waals surface area contributed by atoms with Crippen LogP contribution in [-0.4, -0.2) is 59.9 Å². The predicted molar refractivity (Wildman–Crippen MR) is 198 cm³/mol. The van der Waals surface area contributed by atoms with Gasteiger partial charge in [0.1, 0.15) is 12.6 Å². The second-order valence-corrected chi connectivity index (χ2v) is 12.8. The Morgan fingerprint density at radius 2 is 1.24 bits per heavy atom. The van der Waals surface area contributed by atoms with E-state index in [2.05, 4.69) is 36.6 Å². The number of ether oxygens (including phenoxy) is 2. The summed E-state index contributed by atoms with van der Waals surface area (Å²) in [7, 11) is -4.74. The number of carboxylic acid groups (broad SMARTS) is 1. The molecule has 0 heterocycles. The highest BCUT2D eigenvalue weighted by Gasteiger charge is 2.28. The summed E-state index contributed by atoms with van der Waals surface area (Å²) in [6, 6.07) is -1.54. The maximum atomic E-state index is 12.5. The molecule has 0 rings (SSSR count). The van der Waals surface area contributed by atoms with Crippen LogP contribution in [0.4, 0.5) is 0 Å². The lowest BCUT2D eigenvalue weighted by Crippen LogP contribution is -2.34. The Hall–Kier alpha value is -3.34. The van der Waals surface area contributed by atoms with Gasteiger partial charge < -0.3 is 25.2 Å². The van der Waals surface area contributed by atoms with Crippen LogP contribution in [0.3, 0.4) is 0 Å². The minimum Gasteiger partial charge on any atom is -0.480 e. The van der Waals surface area contributed by atoms with Gasteiger partial charge >= 0.3 is 25.7 Å². The van der Waals surface area contributed by atoms with E-state index in [4.69, 9.17) is 24.8 Å². The molecule has 0 fully saturated rings. The lowest BCUT2D eigenvalue weighted by atomic mass is 10.1. The van der Waals surface area contributed by atoms with Crippen LogP contribution in [0.25, 0.3) is 0 Å². The van der Waals surface area contributed by atoms with Crippen molar-refractivity contribution in [2.75, 3.05) is 19.8 Å². The van der Waals surface area contributed by atoms with Crippen LogP contribution in [0, 0.1) is 0 Å². The van der Waals surface area contributed by atoms with E-state index in [1.54, 1.807) is 0 Å². The van der Waals surface area contributed by atoms with E-state index in [0.29, 0.717) is 19.3 Å². The Morgan fingerprint density at radius 3 is 1.90 bits per heavy atom. The number of allylic oxidation sites excluding steroid dienone is 14. The number of carboxylic acids is 1. The van der Waals surface area contributed by atoms with E-state index >= 15 is 0 Å². The number of esters is 2. The fraction of sp³-hybridized carbons (Fsp3) is 0.553. The maximum Gasteiger partial charge on any atom is 0.472 e. The predicted octanol–water partition coefficient (Wildman–Crippen LogP) is 8.38. The van der Waals surface area contributed by atoms with Gasteiger partial charge in [0.25, 0.3) is 0 Å². The van der Waals surface area contributed by atoms with Crippen LogP contribution >= 0.6 is 7.82 Å². The lowest BCUT2D eigenvalue weighted by molar-refractivity contribution is -0.161. The van der Waals surface area contributed by atoms with Crippen molar-refractivity contribution in [3.8, 4) is 0 Å². The molecule has 0 aliphatic rings. The number of phosphoric acid groups is 1. The number of hydrogen-bond donors (Lipinski definition) is 3. The maximum absolute atomic E-state index is 12.5. The Labute approximate surface area is 299 Å². The van der Waals surface area contributed by atoms with E-state index in [1.165, 1.54) is 38.5 Å². The minimum absolute atomic E-state index is 0.0490. The molecule has 0 aromatic carbocycles. The van der Waals surface area contributed by atoms with Crippen molar-refractivity contribution in [1.29, 1.82) is 0 Å². The van der Waals surface area contributed by atoms with Gasteiger partial charge in [0.15, 0.2) is 6.10 Å². The van der Waals surface area contributed by atoms with Crippen LogP contribution in [0.15, 0.2) is 85.1 Å². The molecule has 0 aliphatic carbocycles. The summed E-state index contributed by atoms with van der Waals surface area (Å²) < 4.78 is 32.3. The summed E-state index contributed by atoms with van der Waals surface area (Å²) in [6.45, 7) is 2.46. The van der Waals surface area contributed by atoms with Crippen LogP contribution < -0.4 is 5.73 Å². The highest BCUT2D eigenvalue weighted by Crippen LogP contribution is 2.43. The molecule has 0 aliphatic heterocycles. The average molecular weight is 722 g/mol. The molecular formula is C38H60NO10P. The molecule has 0 radical (unpaired) electrons. The number of rotatable bonds is 31. The molecule has 282 valence electrons. The van der Waals surface area contributed by atoms with Gasteiger partial charge in [-0.1, -0.05) is 131 Å². The summed E-state index contributed by atoms with van der Waals surface area (Å²) in [4.78, 5) is 45.6. The highest BCUT2D eigenvalue weighted by atomic mass is 31.2. The third-order valence-electron chi connectivity index (χ3n) is 6.77. The van der Waals surface area contributed by atoms with Crippen molar-refractivity contribution in [3.63, 3.8) is 0 Å². The summed E-state index contributed by atoms with van der Waals surface area (Å²) in [6.07, 6.45) is 38.4. The molecule has 0 spiro atoms. The van der Waals surface area contributed by atoms with Crippen molar-refractivity contribution < 1.29 is 47.5 Å². The molecule has 0 saturated carbocycles. The highest BCUT2D eigenvalue weighted by molar-refractivity contribution is 7.47. The van der Waals surface area contributed by atoms with Gasteiger partial charge in [-0.3, -0.25) is 23.4 Å². The zero-order valence-corrected chi connectivity index (χ0v) is 30.8. The first-order valence-electron chi connectivity index (χ1n) is 17.7. The fourth-order valence-electron chi connectivity index (χ4n) is 3.97. The van der Waals surface area contributed by atoms with E-state index in [-0.39, 0.29) is 12.8 Å². The molecule has 11 nitrogen and oxygen atoms in total. The zero-order chi connectivity index (χ0) is 37.1. The van der Waals surface area contributed by atoms with E-state index < -0.39 is 57.7 Å². The first-order valence-corrected chi connectivity index (χ1v) is 19.2. The molecule has 0 aromatic rings. The zero-order valence-electron chi connectivity index (χ0n) is 29.9. The quantitative estimate of drug-likeness (QED) is 0.0206. The van der Waals surface area contributed by atoms with Crippen LogP contribution in [0.5, 0.6) is 0 Å². The van der Waals surface area contributed by atoms with Crippen LogP contribution in [0.2, 0.25) is 0 Å². The Kier molecular flexibility index (Phi) is 30.6. The van der Waals surface area contributed by atoms with Crippen molar-refractivity contribution in [2.24, 2.45) is 5.73 Å². The van der Waals surface area contributed by atoms with Gasteiger partial charge in [-0.25, -0.2) is 4.57 Å². The molecule has 4 N–H and O–H groups in total. The second-order valence-electron chi connectivity index (χ2n) is 11.4. The molecule has 12 heteroatoms. The number of aliphatic carboxylic acids is 1. The van der Waals surface area contributed by atoms with Crippen molar-refractivity contribution in [3.05, 3.63) is 85.1 Å². The molecule has 0 amide bonds. The van der Waals surface area contributed by atoms with Crippen LogP contribution in [0.1, 0.15) is 104 Å². The normalized spacial score (nSPS) is 15.0. The Bertz CT molecular complexity index is 1170. The first-order chi connectivity index (χ1) is 24.1. The molecule has 0 saturated heterocycles. The lowest BCUT2D eigenvalue weighted by Gasteiger charge is -2.20. The summed E-state index contributed by atoms with van der Waals surface area (Å²) in [5.41, 5.74) is 5.29. The molecule has 0 bridgehead atoms.